The van der Waals surface area contributed by atoms with Gasteiger partial charge in [0.25, 0.3) is 5.91 Å². The van der Waals surface area contributed by atoms with Gasteiger partial charge in [0.15, 0.2) is 5.65 Å². The number of carbonyl (C=O) groups is 1. The molecule has 1 saturated heterocycles. The van der Waals surface area contributed by atoms with Crippen molar-refractivity contribution >= 4 is 29.0 Å². The van der Waals surface area contributed by atoms with Gasteiger partial charge in [-0.15, -0.1) is 11.8 Å². The van der Waals surface area contributed by atoms with E-state index in [2.05, 4.69) is 25.8 Å². The standard InChI is InChI=1S/C21H20F2N6O2S.C4H9N/c1-12(2)32-13-5-6-17(31-21(22)23)14(9-13)18-16(11-28(3)27-18)26-20(30)15-10-25-29-8-4-7-24-19(15)29;1-2-4-5-3-1/h4-12,21H,1-3H3,(H,26,30);5H,1-4H2. The molecule has 0 radical (unpaired) electrons. The van der Waals surface area contributed by atoms with Crippen molar-refractivity contribution in [2.24, 2.45) is 7.05 Å². The van der Waals surface area contributed by atoms with E-state index in [0.29, 0.717) is 22.6 Å². The number of hydrogen-bond donors (Lipinski definition) is 2. The first-order valence-electron chi connectivity index (χ1n) is 11.9. The molecule has 1 fully saturated rings. The van der Waals surface area contributed by atoms with E-state index >= 15 is 0 Å². The average molecular weight is 530 g/mol. The number of rotatable bonds is 7. The normalized spacial score (nSPS) is 13.2. The number of amides is 1. The lowest BCUT2D eigenvalue weighted by atomic mass is 10.1. The summed E-state index contributed by atoms with van der Waals surface area (Å²) in [7, 11) is 1.68. The first kappa shape index (κ1) is 26.6. The number of ether oxygens (including phenoxy) is 1. The Kier molecular flexibility index (Phi) is 8.72. The molecule has 2 N–H and O–H groups in total. The number of halogens is 2. The van der Waals surface area contributed by atoms with Gasteiger partial charge in [-0.25, -0.2) is 9.50 Å². The van der Waals surface area contributed by atoms with E-state index in [9.17, 15) is 13.6 Å². The third-order valence-corrected chi connectivity index (χ3v) is 6.35. The van der Waals surface area contributed by atoms with Gasteiger partial charge in [0.05, 0.1) is 11.9 Å². The molecule has 0 unspecified atom stereocenters. The Bertz CT molecular complexity index is 1340. The number of nitrogens with one attached hydrogen (secondary N) is 2. The second-order valence-corrected chi connectivity index (χ2v) is 10.3. The van der Waals surface area contributed by atoms with Gasteiger partial charge in [0, 0.05) is 41.3 Å². The lowest BCUT2D eigenvalue weighted by Crippen LogP contribution is -2.12. The van der Waals surface area contributed by atoms with Crippen molar-refractivity contribution in [2.45, 2.75) is 43.4 Å². The SMILES string of the molecule is C1CCNC1.CC(C)Sc1ccc(OC(F)F)c(-c2nn(C)cc2NC(=O)c2cnn3cccnc23)c1. The molecule has 5 rings (SSSR count). The number of carbonyl (C=O) groups excluding carboxylic acids is 1. The minimum atomic E-state index is -3.00. The molecule has 9 nitrogen and oxygen atoms in total. The highest BCUT2D eigenvalue weighted by molar-refractivity contribution is 7.99. The lowest BCUT2D eigenvalue weighted by molar-refractivity contribution is -0.0494. The summed E-state index contributed by atoms with van der Waals surface area (Å²) in [4.78, 5) is 18.0. The van der Waals surface area contributed by atoms with Crippen LogP contribution >= 0.6 is 11.8 Å². The molecule has 37 heavy (non-hydrogen) atoms. The molecule has 0 bridgehead atoms. The third-order valence-electron chi connectivity index (χ3n) is 5.35. The van der Waals surface area contributed by atoms with Crippen LogP contribution in [0, 0.1) is 0 Å². The van der Waals surface area contributed by atoms with Gasteiger partial charge >= 0.3 is 6.61 Å². The van der Waals surface area contributed by atoms with Crippen molar-refractivity contribution in [1.29, 1.82) is 0 Å². The van der Waals surface area contributed by atoms with Crippen LogP contribution in [0.2, 0.25) is 0 Å². The van der Waals surface area contributed by atoms with Crippen LogP contribution < -0.4 is 15.4 Å². The Hall–Kier alpha value is -3.51. The molecule has 12 heteroatoms. The molecule has 4 aromatic rings. The second-order valence-electron chi connectivity index (χ2n) is 8.63. The molecule has 0 saturated carbocycles. The second kappa shape index (κ2) is 12.2. The summed E-state index contributed by atoms with van der Waals surface area (Å²) in [5.74, 6) is -0.475. The number of alkyl halides is 2. The van der Waals surface area contributed by atoms with Crippen LogP contribution in [-0.2, 0) is 7.05 Å². The topological polar surface area (TPSA) is 98.4 Å². The van der Waals surface area contributed by atoms with Crippen molar-refractivity contribution in [3.05, 3.63) is 54.6 Å². The maximum Gasteiger partial charge on any atom is 0.387 e. The van der Waals surface area contributed by atoms with Gasteiger partial charge < -0.3 is 15.4 Å². The minimum Gasteiger partial charge on any atom is -0.434 e. The zero-order valence-electron chi connectivity index (χ0n) is 20.8. The van der Waals surface area contributed by atoms with E-state index in [1.165, 1.54) is 47.4 Å². The van der Waals surface area contributed by atoms with E-state index in [0.717, 1.165) is 4.90 Å². The number of fused-ring (bicyclic) bond motifs is 1. The highest BCUT2D eigenvalue weighted by Gasteiger charge is 2.22. The highest BCUT2D eigenvalue weighted by atomic mass is 32.2. The highest BCUT2D eigenvalue weighted by Crippen LogP contribution is 2.38. The summed E-state index contributed by atoms with van der Waals surface area (Å²) in [5, 5.41) is 14.8. The van der Waals surface area contributed by atoms with E-state index in [1.54, 1.807) is 55.6 Å². The third kappa shape index (κ3) is 6.83. The lowest BCUT2D eigenvalue weighted by Gasteiger charge is -2.13. The monoisotopic (exact) mass is 529 g/mol. The molecule has 1 aliphatic heterocycles. The zero-order chi connectivity index (χ0) is 26.4. The number of benzene rings is 1. The predicted molar refractivity (Wildman–Crippen MR) is 139 cm³/mol. The number of aryl methyl sites for hydroxylation is 1. The number of aromatic nitrogens is 5. The molecule has 4 heterocycles. The Morgan fingerprint density at radius 1 is 1.24 bits per heavy atom. The summed E-state index contributed by atoms with van der Waals surface area (Å²) < 4.78 is 33.8. The number of nitrogens with zero attached hydrogens (tertiary/aromatic N) is 5. The maximum absolute atomic E-state index is 13.0. The Balaban J connectivity index is 0.000000572. The van der Waals surface area contributed by atoms with E-state index in [1.807, 2.05) is 13.8 Å². The van der Waals surface area contributed by atoms with Gasteiger partial charge in [0.1, 0.15) is 17.0 Å². The van der Waals surface area contributed by atoms with Crippen LogP contribution in [0.5, 0.6) is 5.75 Å². The molecule has 3 aromatic heterocycles. The largest absolute Gasteiger partial charge is 0.434 e. The number of anilines is 1. The molecule has 196 valence electrons. The van der Waals surface area contributed by atoms with Crippen molar-refractivity contribution in [1.82, 2.24) is 29.7 Å². The van der Waals surface area contributed by atoms with Crippen molar-refractivity contribution in [2.75, 3.05) is 18.4 Å². The predicted octanol–water partition coefficient (Wildman–Crippen LogP) is 4.85. The Labute approximate surface area is 217 Å². The number of thioether (sulfide) groups is 1. The van der Waals surface area contributed by atoms with Gasteiger partial charge in [-0.3, -0.25) is 9.48 Å². The van der Waals surface area contributed by atoms with Crippen LogP contribution in [-0.4, -0.2) is 55.2 Å². The van der Waals surface area contributed by atoms with Crippen LogP contribution in [0.1, 0.15) is 37.0 Å². The fourth-order valence-electron chi connectivity index (χ4n) is 3.82. The fourth-order valence-corrected chi connectivity index (χ4v) is 4.70. The quantitative estimate of drug-likeness (QED) is 0.330. The van der Waals surface area contributed by atoms with Crippen LogP contribution in [0.25, 0.3) is 16.9 Å². The molecule has 0 spiro atoms. The summed E-state index contributed by atoms with van der Waals surface area (Å²) in [6, 6.07) is 6.64. The molecule has 0 aliphatic carbocycles. The van der Waals surface area contributed by atoms with Gasteiger partial charge in [-0.2, -0.15) is 19.0 Å². The van der Waals surface area contributed by atoms with E-state index < -0.39 is 12.5 Å². The molecule has 1 aliphatic rings. The maximum atomic E-state index is 13.0. The summed E-state index contributed by atoms with van der Waals surface area (Å²) >= 11 is 1.58. The average Bonchev–Trinajstić information content (AvgIpc) is 3.61. The minimum absolute atomic E-state index is 0.0278. The molecular formula is C25H29F2N7O2S. The first-order valence-corrected chi connectivity index (χ1v) is 12.8. The van der Waals surface area contributed by atoms with Crippen LogP contribution in [0.3, 0.4) is 0 Å². The summed E-state index contributed by atoms with van der Waals surface area (Å²) in [6.07, 6.45) is 9.04. The van der Waals surface area contributed by atoms with Gasteiger partial charge in [-0.1, -0.05) is 13.8 Å². The van der Waals surface area contributed by atoms with Gasteiger partial charge in [0.2, 0.25) is 0 Å². The molecule has 1 aromatic carbocycles. The smallest absolute Gasteiger partial charge is 0.387 e. The Morgan fingerprint density at radius 3 is 2.70 bits per heavy atom. The van der Waals surface area contributed by atoms with E-state index in [-0.39, 0.29) is 16.6 Å². The van der Waals surface area contributed by atoms with Crippen molar-refractivity contribution < 1.29 is 18.3 Å². The number of hydrogen-bond acceptors (Lipinski definition) is 7. The first-order chi connectivity index (χ1) is 17.8. The zero-order valence-corrected chi connectivity index (χ0v) is 21.6. The summed E-state index contributed by atoms with van der Waals surface area (Å²) in [6.45, 7) is 3.57. The van der Waals surface area contributed by atoms with Crippen LogP contribution in [0.4, 0.5) is 14.5 Å². The fraction of sp³-hybridized carbons (Fsp3) is 0.360. The van der Waals surface area contributed by atoms with Crippen molar-refractivity contribution in [3.63, 3.8) is 0 Å². The molecular weight excluding hydrogens is 500 g/mol. The van der Waals surface area contributed by atoms with Crippen LogP contribution in [0.15, 0.2) is 53.9 Å². The van der Waals surface area contributed by atoms with Gasteiger partial charge in [-0.05, 0) is 50.2 Å². The van der Waals surface area contributed by atoms with E-state index in [4.69, 9.17) is 4.74 Å². The Morgan fingerprint density at radius 2 is 2.03 bits per heavy atom. The van der Waals surface area contributed by atoms with Crippen molar-refractivity contribution in [3.8, 4) is 17.0 Å². The summed E-state index contributed by atoms with van der Waals surface area (Å²) in [5.41, 5.74) is 1.68. The molecule has 0 atom stereocenters. The molecule has 1 amide bonds.